The zero-order valence-corrected chi connectivity index (χ0v) is 8.09. The van der Waals surface area contributed by atoms with Crippen molar-refractivity contribution in [1.82, 2.24) is 15.0 Å². The maximum atomic E-state index is 5.91. The lowest BCUT2D eigenvalue weighted by molar-refractivity contribution is 0.475. The topological polar surface area (TPSA) is 56.7 Å². The van der Waals surface area contributed by atoms with E-state index in [0.717, 1.165) is 5.56 Å². The molecule has 0 amide bonds. The van der Waals surface area contributed by atoms with E-state index in [1.54, 1.807) is 24.5 Å². The highest BCUT2D eigenvalue weighted by molar-refractivity contribution is 6.30. The van der Waals surface area contributed by atoms with Crippen LogP contribution in [0.5, 0.6) is 0 Å². The second kappa shape index (κ2) is 3.77. The third kappa shape index (κ3) is 1.76. The first-order valence-electron chi connectivity index (χ1n) is 4.14. The third-order valence-electron chi connectivity index (χ3n) is 1.88. The molecular weight excluding hydrogens is 200 g/mol. The Labute approximate surface area is 86.3 Å². The summed E-state index contributed by atoms with van der Waals surface area (Å²) in [4.78, 5) is 1.44. The van der Waals surface area contributed by atoms with Crippen LogP contribution in [0.25, 0.3) is 0 Å². The van der Waals surface area contributed by atoms with Gasteiger partial charge in [0.05, 0.1) is 12.4 Å². The van der Waals surface area contributed by atoms with Crippen molar-refractivity contribution in [3.05, 3.63) is 47.2 Å². The standard InChI is InChI=1S/C9H9ClN4/c10-8-3-1-2-7(6-8)9(11)14-12-4-5-13-14/h1-6,9H,11H2. The van der Waals surface area contributed by atoms with Gasteiger partial charge in [0.2, 0.25) is 0 Å². The quantitative estimate of drug-likeness (QED) is 0.813. The number of hydrogen-bond acceptors (Lipinski definition) is 3. The second-order valence-electron chi connectivity index (χ2n) is 2.85. The van der Waals surface area contributed by atoms with E-state index < -0.39 is 0 Å². The Hall–Kier alpha value is -1.39. The van der Waals surface area contributed by atoms with E-state index in [1.165, 1.54) is 4.80 Å². The monoisotopic (exact) mass is 208 g/mol. The average molecular weight is 209 g/mol. The van der Waals surface area contributed by atoms with Crippen molar-refractivity contribution in [3.8, 4) is 0 Å². The van der Waals surface area contributed by atoms with Gasteiger partial charge in [-0.05, 0) is 17.7 Å². The minimum Gasteiger partial charge on any atom is -0.304 e. The second-order valence-corrected chi connectivity index (χ2v) is 3.29. The number of benzene rings is 1. The lowest BCUT2D eigenvalue weighted by atomic mass is 10.2. The molecule has 5 heteroatoms. The van der Waals surface area contributed by atoms with Crippen molar-refractivity contribution >= 4 is 11.6 Å². The van der Waals surface area contributed by atoms with E-state index in [9.17, 15) is 0 Å². The van der Waals surface area contributed by atoms with Gasteiger partial charge in [-0.2, -0.15) is 15.0 Å². The molecule has 4 nitrogen and oxygen atoms in total. The van der Waals surface area contributed by atoms with Crippen molar-refractivity contribution in [2.24, 2.45) is 5.73 Å². The molecule has 1 atom stereocenters. The Bertz CT molecular complexity index is 413. The van der Waals surface area contributed by atoms with E-state index in [2.05, 4.69) is 10.2 Å². The minimum atomic E-state index is -0.385. The number of rotatable bonds is 2. The van der Waals surface area contributed by atoms with Crippen LogP contribution in [0.3, 0.4) is 0 Å². The van der Waals surface area contributed by atoms with Crippen LogP contribution in [-0.4, -0.2) is 15.0 Å². The molecule has 0 fully saturated rings. The van der Waals surface area contributed by atoms with Gasteiger partial charge in [-0.1, -0.05) is 23.7 Å². The predicted octanol–water partition coefficient (Wildman–Crippen LogP) is 1.44. The summed E-state index contributed by atoms with van der Waals surface area (Å²) in [5.41, 5.74) is 6.79. The maximum absolute atomic E-state index is 5.91. The molecule has 0 radical (unpaired) electrons. The molecule has 0 aliphatic carbocycles. The summed E-state index contributed by atoms with van der Waals surface area (Å²) in [5, 5.41) is 8.58. The molecule has 1 heterocycles. The van der Waals surface area contributed by atoms with Gasteiger partial charge < -0.3 is 5.73 Å². The van der Waals surface area contributed by atoms with Crippen LogP contribution >= 0.6 is 11.6 Å². The van der Waals surface area contributed by atoms with Gasteiger partial charge >= 0.3 is 0 Å². The van der Waals surface area contributed by atoms with Gasteiger partial charge in [0.15, 0.2) is 0 Å². The summed E-state index contributed by atoms with van der Waals surface area (Å²) in [6, 6.07) is 7.34. The van der Waals surface area contributed by atoms with Crippen molar-refractivity contribution in [2.45, 2.75) is 6.17 Å². The summed E-state index contributed by atoms with van der Waals surface area (Å²) in [7, 11) is 0. The van der Waals surface area contributed by atoms with Crippen LogP contribution in [0.15, 0.2) is 36.7 Å². The van der Waals surface area contributed by atoms with Gasteiger partial charge in [-0.3, -0.25) is 0 Å². The van der Waals surface area contributed by atoms with Crippen LogP contribution in [0.1, 0.15) is 11.7 Å². The molecule has 0 aliphatic heterocycles. The van der Waals surface area contributed by atoms with Crippen molar-refractivity contribution in [1.29, 1.82) is 0 Å². The maximum Gasteiger partial charge on any atom is 0.144 e. The first-order chi connectivity index (χ1) is 6.77. The van der Waals surface area contributed by atoms with Crippen LogP contribution in [0.2, 0.25) is 5.02 Å². The number of aromatic nitrogens is 3. The van der Waals surface area contributed by atoms with Crippen LogP contribution < -0.4 is 5.73 Å². The fourth-order valence-corrected chi connectivity index (χ4v) is 1.39. The zero-order chi connectivity index (χ0) is 9.97. The van der Waals surface area contributed by atoms with Crippen LogP contribution in [-0.2, 0) is 0 Å². The fourth-order valence-electron chi connectivity index (χ4n) is 1.19. The van der Waals surface area contributed by atoms with E-state index in [1.807, 2.05) is 12.1 Å². The van der Waals surface area contributed by atoms with Gasteiger partial charge in [0.25, 0.3) is 0 Å². The van der Waals surface area contributed by atoms with Crippen molar-refractivity contribution in [2.75, 3.05) is 0 Å². The molecule has 0 bridgehead atoms. The third-order valence-corrected chi connectivity index (χ3v) is 2.11. The number of nitrogens with zero attached hydrogens (tertiary/aromatic N) is 3. The molecule has 0 aliphatic rings. The fraction of sp³-hybridized carbons (Fsp3) is 0.111. The highest BCUT2D eigenvalue weighted by Gasteiger charge is 2.08. The molecule has 2 N–H and O–H groups in total. The molecule has 1 unspecified atom stereocenters. The Balaban J connectivity index is 2.32. The number of nitrogens with two attached hydrogens (primary N) is 1. The molecule has 1 aromatic heterocycles. The zero-order valence-electron chi connectivity index (χ0n) is 7.34. The Morgan fingerprint density at radius 1 is 1.29 bits per heavy atom. The Morgan fingerprint density at radius 2 is 2.00 bits per heavy atom. The number of hydrogen-bond donors (Lipinski definition) is 1. The van der Waals surface area contributed by atoms with Crippen molar-refractivity contribution < 1.29 is 0 Å². The predicted molar refractivity (Wildman–Crippen MR) is 53.8 cm³/mol. The smallest absolute Gasteiger partial charge is 0.144 e. The molecular formula is C9H9ClN4. The molecule has 0 spiro atoms. The molecule has 14 heavy (non-hydrogen) atoms. The van der Waals surface area contributed by atoms with Crippen LogP contribution in [0.4, 0.5) is 0 Å². The van der Waals surface area contributed by atoms with Crippen molar-refractivity contribution in [3.63, 3.8) is 0 Å². The van der Waals surface area contributed by atoms with E-state index in [4.69, 9.17) is 17.3 Å². The van der Waals surface area contributed by atoms with E-state index >= 15 is 0 Å². The lowest BCUT2D eigenvalue weighted by Gasteiger charge is -2.10. The SMILES string of the molecule is NC(c1cccc(Cl)c1)n1nccn1. The highest BCUT2D eigenvalue weighted by atomic mass is 35.5. The minimum absolute atomic E-state index is 0.385. The lowest BCUT2D eigenvalue weighted by Crippen LogP contribution is -2.22. The van der Waals surface area contributed by atoms with Crippen LogP contribution in [0, 0.1) is 0 Å². The first-order valence-corrected chi connectivity index (χ1v) is 4.52. The Morgan fingerprint density at radius 3 is 2.64 bits per heavy atom. The number of halogens is 1. The molecule has 2 aromatic rings. The van der Waals surface area contributed by atoms with Gasteiger partial charge in [0.1, 0.15) is 6.17 Å². The summed E-state index contributed by atoms with van der Waals surface area (Å²) in [6.07, 6.45) is 2.79. The average Bonchev–Trinajstić information content (AvgIpc) is 2.69. The summed E-state index contributed by atoms with van der Waals surface area (Å²) >= 11 is 5.84. The van der Waals surface area contributed by atoms with E-state index in [-0.39, 0.29) is 6.17 Å². The molecule has 0 saturated heterocycles. The molecule has 0 saturated carbocycles. The summed E-state index contributed by atoms with van der Waals surface area (Å²) in [6.45, 7) is 0. The summed E-state index contributed by atoms with van der Waals surface area (Å²) in [5.74, 6) is 0. The van der Waals surface area contributed by atoms with E-state index in [0.29, 0.717) is 5.02 Å². The van der Waals surface area contributed by atoms with Gasteiger partial charge in [-0.15, -0.1) is 0 Å². The molecule has 2 rings (SSSR count). The highest BCUT2D eigenvalue weighted by Crippen LogP contribution is 2.15. The molecule has 1 aromatic carbocycles. The normalized spacial score (nSPS) is 12.7. The summed E-state index contributed by atoms with van der Waals surface area (Å²) < 4.78 is 0. The molecule has 72 valence electrons. The Kier molecular flexibility index (Phi) is 2.47. The van der Waals surface area contributed by atoms with Gasteiger partial charge in [0, 0.05) is 5.02 Å². The largest absolute Gasteiger partial charge is 0.304 e. The van der Waals surface area contributed by atoms with Gasteiger partial charge in [-0.25, -0.2) is 0 Å². The first kappa shape index (κ1) is 9.18.